The molecule has 0 atom stereocenters. The lowest BCUT2D eigenvalue weighted by molar-refractivity contribution is 0.0827. The number of fused-ring (bicyclic) bond motifs is 1. The molecule has 132 valence electrons. The molecule has 0 radical (unpaired) electrons. The highest BCUT2D eigenvalue weighted by atomic mass is 32.1. The predicted octanol–water partition coefficient (Wildman–Crippen LogP) is 3.28. The van der Waals surface area contributed by atoms with Gasteiger partial charge >= 0.3 is 5.91 Å². The Bertz CT molecular complexity index is 951. The van der Waals surface area contributed by atoms with Crippen LogP contribution in [0.4, 0.5) is 0 Å². The zero-order valence-electron chi connectivity index (χ0n) is 14.2. The monoisotopic (exact) mass is 367 g/mol. The van der Waals surface area contributed by atoms with E-state index in [9.17, 15) is 9.59 Å². The molecule has 3 aromatic rings. The van der Waals surface area contributed by atoms with E-state index in [-0.39, 0.29) is 11.7 Å². The maximum Gasteiger partial charge on any atom is 0.308 e. The van der Waals surface area contributed by atoms with Crippen molar-refractivity contribution in [2.24, 2.45) is 0 Å². The Balaban J connectivity index is 1.39. The van der Waals surface area contributed by atoms with E-state index in [2.05, 4.69) is 16.0 Å². The number of thiophene rings is 1. The molecule has 2 amide bonds. The van der Waals surface area contributed by atoms with Crippen LogP contribution in [0.2, 0.25) is 0 Å². The van der Waals surface area contributed by atoms with Gasteiger partial charge in [-0.3, -0.25) is 20.4 Å². The Morgan fingerprint density at radius 2 is 1.85 bits per heavy atom. The van der Waals surface area contributed by atoms with Crippen LogP contribution in [0.1, 0.15) is 42.7 Å². The standard InChI is InChI=1S/C19H17N3O3S/c1-11-5-7-12(8-6-11)14-10-15(25-22-14)18(23)20-21-19(24)17-9-13-3-2-4-16(13)26-17/h5-10H,2-4H2,1H3,(H,20,23)(H,21,24). The topological polar surface area (TPSA) is 84.2 Å². The highest BCUT2D eigenvalue weighted by Gasteiger charge is 2.20. The van der Waals surface area contributed by atoms with Crippen molar-refractivity contribution in [3.05, 3.63) is 63.0 Å². The Morgan fingerprint density at radius 3 is 2.62 bits per heavy atom. The Labute approximate surface area is 154 Å². The Kier molecular flexibility index (Phi) is 4.30. The summed E-state index contributed by atoms with van der Waals surface area (Å²) in [5, 5.41) is 3.91. The summed E-state index contributed by atoms with van der Waals surface area (Å²) in [4.78, 5) is 26.2. The zero-order valence-corrected chi connectivity index (χ0v) is 15.0. The first kappa shape index (κ1) is 16.5. The summed E-state index contributed by atoms with van der Waals surface area (Å²) in [7, 11) is 0. The van der Waals surface area contributed by atoms with Crippen molar-refractivity contribution in [1.82, 2.24) is 16.0 Å². The fraction of sp³-hybridized carbons (Fsp3) is 0.211. The minimum atomic E-state index is -0.548. The van der Waals surface area contributed by atoms with E-state index in [0.29, 0.717) is 10.6 Å². The average molecular weight is 367 g/mol. The lowest BCUT2D eigenvalue weighted by Crippen LogP contribution is -2.41. The quantitative estimate of drug-likeness (QED) is 0.696. The van der Waals surface area contributed by atoms with E-state index in [1.807, 2.05) is 37.3 Å². The molecule has 0 saturated heterocycles. The summed E-state index contributed by atoms with van der Waals surface area (Å²) in [6, 6.07) is 11.2. The third-order valence-electron chi connectivity index (χ3n) is 4.34. The summed E-state index contributed by atoms with van der Waals surface area (Å²) < 4.78 is 5.09. The number of hydrogen-bond acceptors (Lipinski definition) is 5. The lowest BCUT2D eigenvalue weighted by Gasteiger charge is -2.03. The van der Waals surface area contributed by atoms with Crippen LogP contribution in [-0.4, -0.2) is 17.0 Å². The van der Waals surface area contributed by atoms with Crippen molar-refractivity contribution in [2.75, 3.05) is 0 Å². The molecule has 4 rings (SSSR count). The smallest absolute Gasteiger partial charge is 0.308 e. The van der Waals surface area contributed by atoms with Crippen LogP contribution in [0.15, 0.2) is 40.9 Å². The summed E-state index contributed by atoms with van der Waals surface area (Å²) in [5.41, 5.74) is 8.60. The van der Waals surface area contributed by atoms with Crippen molar-refractivity contribution in [3.63, 3.8) is 0 Å². The second-order valence-electron chi connectivity index (χ2n) is 6.26. The van der Waals surface area contributed by atoms with Crippen molar-refractivity contribution in [2.45, 2.75) is 26.2 Å². The molecular formula is C19H17N3O3S. The van der Waals surface area contributed by atoms with Gasteiger partial charge in [-0.25, -0.2) is 0 Å². The SMILES string of the molecule is Cc1ccc(-c2cc(C(=O)NNC(=O)c3cc4c(s3)CCC4)on2)cc1. The molecule has 0 fully saturated rings. The van der Waals surface area contributed by atoms with Crippen molar-refractivity contribution < 1.29 is 14.1 Å². The summed E-state index contributed by atoms with van der Waals surface area (Å²) in [6.45, 7) is 2.00. The van der Waals surface area contributed by atoms with Crippen molar-refractivity contribution >= 4 is 23.2 Å². The Hall–Kier alpha value is -2.93. The molecular weight excluding hydrogens is 350 g/mol. The first-order chi connectivity index (χ1) is 12.6. The zero-order chi connectivity index (χ0) is 18.1. The van der Waals surface area contributed by atoms with Crippen LogP contribution in [0, 0.1) is 6.92 Å². The minimum Gasteiger partial charge on any atom is -0.350 e. The number of hydrazine groups is 1. The summed E-state index contributed by atoms with van der Waals surface area (Å²) in [5.74, 6) is -0.834. The molecule has 1 aromatic carbocycles. The van der Waals surface area contributed by atoms with Gasteiger partial charge in [-0.05, 0) is 37.8 Å². The largest absolute Gasteiger partial charge is 0.350 e. The molecule has 0 spiro atoms. The van der Waals surface area contributed by atoms with Gasteiger partial charge < -0.3 is 4.52 Å². The number of nitrogens with one attached hydrogen (secondary N) is 2. The molecule has 0 unspecified atom stereocenters. The lowest BCUT2D eigenvalue weighted by atomic mass is 10.1. The summed E-state index contributed by atoms with van der Waals surface area (Å²) in [6.07, 6.45) is 3.19. The van der Waals surface area contributed by atoms with Crippen LogP contribution >= 0.6 is 11.3 Å². The van der Waals surface area contributed by atoms with Crippen LogP contribution in [0.25, 0.3) is 11.3 Å². The van der Waals surface area contributed by atoms with E-state index >= 15 is 0 Å². The molecule has 2 aromatic heterocycles. The highest BCUT2D eigenvalue weighted by Crippen LogP contribution is 2.30. The van der Waals surface area contributed by atoms with Gasteiger partial charge in [0.2, 0.25) is 5.76 Å². The maximum absolute atomic E-state index is 12.2. The number of aromatic nitrogens is 1. The van der Waals surface area contributed by atoms with Crippen molar-refractivity contribution in [1.29, 1.82) is 0 Å². The van der Waals surface area contributed by atoms with Gasteiger partial charge in [0.05, 0.1) is 4.88 Å². The highest BCUT2D eigenvalue weighted by molar-refractivity contribution is 7.14. The number of nitrogens with zero attached hydrogens (tertiary/aromatic N) is 1. The molecule has 2 N–H and O–H groups in total. The normalized spacial score (nSPS) is 12.7. The second kappa shape index (κ2) is 6.76. The number of carbonyl (C=O) groups is 2. The molecule has 6 nitrogen and oxygen atoms in total. The number of aryl methyl sites for hydroxylation is 3. The Morgan fingerprint density at radius 1 is 1.08 bits per heavy atom. The van der Waals surface area contributed by atoms with Crippen LogP contribution in [-0.2, 0) is 12.8 Å². The molecule has 1 aliphatic carbocycles. The number of amides is 2. The fourth-order valence-electron chi connectivity index (χ4n) is 2.92. The van der Waals surface area contributed by atoms with Gasteiger partial charge in [-0.2, -0.15) is 0 Å². The average Bonchev–Trinajstić information content (AvgIpc) is 3.35. The van der Waals surface area contributed by atoms with Crippen LogP contribution < -0.4 is 10.9 Å². The third kappa shape index (κ3) is 3.25. The molecule has 26 heavy (non-hydrogen) atoms. The molecule has 0 aliphatic heterocycles. The fourth-order valence-corrected chi connectivity index (χ4v) is 4.07. The van der Waals surface area contributed by atoms with E-state index in [1.54, 1.807) is 6.07 Å². The van der Waals surface area contributed by atoms with Crippen LogP contribution in [0.3, 0.4) is 0 Å². The van der Waals surface area contributed by atoms with Gasteiger partial charge in [0, 0.05) is 16.5 Å². The van der Waals surface area contributed by atoms with Gasteiger partial charge in [-0.1, -0.05) is 35.0 Å². The minimum absolute atomic E-state index is 0.0366. The molecule has 0 bridgehead atoms. The number of benzene rings is 1. The van der Waals surface area contributed by atoms with E-state index in [0.717, 1.165) is 30.4 Å². The molecule has 2 heterocycles. The van der Waals surface area contributed by atoms with E-state index in [1.165, 1.54) is 21.8 Å². The van der Waals surface area contributed by atoms with E-state index < -0.39 is 5.91 Å². The number of carbonyl (C=O) groups excluding carboxylic acids is 2. The maximum atomic E-state index is 12.2. The van der Waals surface area contributed by atoms with Gasteiger partial charge in [-0.15, -0.1) is 11.3 Å². The first-order valence-electron chi connectivity index (χ1n) is 8.36. The molecule has 7 heteroatoms. The van der Waals surface area contributed by atoms with Crippen LogP contribution in [0.5, 0.6) is 0 Å². The number of hydrogen-bond donors (Lipinski definition) is 2. The number of rotatable bonds is 3. The predicted molar refractivity (Wildman–Crippen MR) is 98.0 cm³/mol. The molecule has 0 saturated carbocycles. The van der Waals surface area contributed by atoms with Gasteiger partial charge in [0.15, 0.2) is 0 Å². The molecule has 1 aliphatic rings. The van der Waals surface area contributed by atoms with Gasteiger partial charge in [0.25, 0.3) is 5.91 Å². The summed E-state index contributed by atoms with van der Waals surface area (Å²) >= 11 is 1.48. The third-order valence-corrected chi connectivity index (χ3v) is 5.58. The van der Waals surface area contributed by atoms with Crippen molar-refractivity contribution in [3.8, 4) is 11.3 Å². The first-order valence-corrected chi connectivity index (χ1v) is 9.18. The van der Waals surface area contributed by atoms with Gasteiger partial charge in [0.1, 0.15) is 5.69 Å². The second-order valence-corrected chi connectivity index (χ2v) is 7.40. The van der Waals surface area contributed by atoms with E-state index in [4.69, 9.17) is 4.52 Å².